The smallest absolute Gasteiger partial charge is 0.197 e. The topological polar surface area (TPSA) is 26.3 Å². The van der Waals surface area contributed by atoms with Crippen LogP contribution < -0.4 is 0 Å². The van der Waals surface area contributed by atoms with E-state index in [1.807, 2.05) is 6.08 Å². The van der Waals surface area contributed by atoms with Crippen molar-refractivity contribution in [3.05, 3.63) is 12.2 Å². The Kier molecular flexibility index (Phi) is 2.91. The van der Waals surface area contributed by atoms with E-state index in [-0.39, 0.29) is 6.10 Å². The van der Waals surface area contributed by atoms with Crippen molar-refractivity contribution in [3.8, 4) is 0 Å². The molecule has 0 heterocycles. The molecule has 1 aliphatic rings. The fourth-order valence-corrected chi connectivity index (χ4v) is 2.02. The standard InChI is InChI=1S/C8H15O2P/c1-11(2,9)10-8-6-4-3-5-7-8/h4,6,8H,3,5,7H2,1-2H3. The molecule has 64 valence electrons. The predicted octanol–water partition coefficient (Wildman–Crippen LogP) is 2.65. The zero-order valence-corrected chi connectivity index (χ0v) is 8.01. The summed E-state index contributed by atoms with van der Waals surface area (Å²) in [6.45, 7) is 3.32. The molecule has 0 aliphatic heterocycles. The third kappa shape index (κ3) is 3.74. The predicted molar refractivity (Wildman–Crippen MR) is 47.3 cm³/mol. The molecule has 0 N–H and O–H groups in total. The van der Waals surface area contributed by atoms with Crippen LogP contribution in [-0.4, -0.2) is 19.4 Å². The molecule has 0 saturated heterocycles. The summed E-state index contributed by atoms with van der Waals surface area (Å²) >= 11 is 0. The van der Waals surface area contributed by atoms with E-state index < -0.39 is 7.37 Å². The monoisotopic (exact) mass is 174 g/mol. The van der Waals surface area contributed by atoms with Crippen LogP contribution in [0.15, 0.2) is 12.2 Å². The molecule has 1 unspecified atom stereocenters. The lowest BCUT2D eigenvalue weighted by Crippen LogP contribution is -2.09. The molecule has 0 fully saturated rings. The van der Waals surface area contributed by atoms with Crippen LogP contribution in [0.1, 0.15) is 19.3 Å². The van der Waals surface area contributed by atoms with Gasteiger partial charge in [0.15, 0.2) is 7.37 Å². The fourth-order valence-electron chi connectivity index (χ4n) is 1.20. The maximum absolute atomic E-state index is 11.2. The van der Waals surface area contributed by atoms with Gasteiger partial charge in [-0.2, -0.15) is 0 Å². The van der Waals surface area contributed by atoms with Gasteiger partial charge in [0.05, 0.1) is 6.10 Å². The van der Waals surface area contributed by atoms with E-state index in [0.29, 0.717) is 0 Å². The van der Waals surface area contributed by atoms with Crippen LogP contribution in [-0.2, 0) is 9.09 Å². The average Bonchev–Trinajstić information content (AvgIpc) is 1.85. The van der Waals surface area contributed by atoms with Gasteiger partial charge in [-0.1, -0.05) is 12.2 Å². The molecule has 0 amide bonds. The molecule has 0 aromatic carbocycles. The summed E-state index contributed by atoms with van der Waals surface area (Å²) in [6, 6.07) is 0. The van der Waals surface area contributed by atoms with Gasteiger partial charge in [-0.3, -0.25) is 4.57 Å². The van der Waals surface area contributed by atoms with Gasteiger partial charge < -0.3 is 4.52 Å². The molecular formula is C8H15O2P. The van der Waals surface area contributed by atoms with Crippen LogP contribution >= 0.6 is 7.37 Å². The SMILES string of the molecule is CP(C)(=O)OC1C=CCCC1. The quantitative estimate of drug-likeness (QED) is 0.475. The van der Waals surface area contributed by atoms with E-state index in [1.165, 1.54) is 0 Å². The fraction of sp³-hybridized carbons (Fsp3) is 0.750. The first-order valence-electron chi connectivity index (χ1n) is 3.98. The summed E-state index contributed by atoms with van der Waals surface area (Å²) in [7, 11) is -2.29. The molecule has 0 aromatic rings. The zero-order valence-electron chi connectivity index (χ0n) is 7.12. The van der Waals surface area contributed by atoms with Crippen molar-refractivity contribution >= 4 is 7.37 Å². The van der Waals surface area contributed by atoms with Gasteiger partial charge in [-0.05, 0) is 19.3 Å². The van der Waals surface area contributed by atoms with Crippen LogP contribution in [0.2, 0.25) is 0 Å². The lowest BCUT2D eigenvalue weighted by Gasteiger charge is -2.19. The average molecular weight is 174 g/mol. The van der Waals surface area contributed by atoms with Crippen LogP contribution in [0.3, 0.4) is 0 Å². The first-order valence-corrected chi connectivity index (χ1v) is 6.50. The lowest BCUT2D eigenvalue weighted by atomic mass is 10.1. The van der Waals surface area contributed by atoms with Crippen LogP contribution in [0.25, 0.3) is 0 Å². The van der Waals surface area contributed by atoms with E-state index in [4.69, 9.17) is 4.52 Å². The van der Waals surface area contributed by atoms with Gasteiger partial charge in [0, 0.05) is 13.3 Å². The highest BCUT2D eigenvalue weighted by molar-refractivity contribution is 7.57. The number of hydrogen-bond donors (Lipinski definition) is 0. The zero-order chi connectivity index (χ0) is 8.32. The molecule has 2 nitrogen and oxygen atoms in total. The highest BCUT2D eigenvalue weighted by Gasteiger charge is 2.15. The van der Waals surface area contributed by atoms with Gasteiger partial charge in [0.1, 0.15) is 0 Å². The molecule has 0 bridgehead atoms. The Hall–Kier alpha value is -0.0700. The minimum absolute atomic E-state index is 0.101. The van der Waals surface area contributed by atoms with E-state index in [9.17, 15) is 4.57 Å². The molecule has 0 radical (unpaired) electrons. The van der Waals surface area contributed by atoms with Crippen molar-refractivity contribution in [1.82, 2.24) is 0 Å². The minimum Gasteiger partial charge on any atom is -0.321 e. The first-order chi connectivity index (χ1) is 5.08. The van der Waals surface area contributed by atoms with E-state index in [2.05, 4.69) is 6.08 Å². The second kappa shape index (κ2) is 3.55. The van der Waals surface area contributed by atoms with Crippen LogP contribution in [0, 0.1) is 0 Å². The van der Waals surface area contributed by atoms with Crippen molar-refractivity contribution in [3.63, 3.8) is 0 Å². The molecule has 11 heavy (non-hydrogen) atoms. The summed E-state index contributed by atoms with van der Waals surface area (Å²) < 4.78 is 16.6. The van der Waals surface area contributed by atoms with Gasteiger partial charge >= 0.3 is 0 Å². The Morgan fingerprint density at radius 3 is 2.73 bits per heavy atom. The highest BCUT2D eigenvalue weighted by atomic mass is 31.2. The van der Waals surface area contributed by atoms with Crippen LogP contribution in [0.5, 0.6) is 0 Å². The van der Waals surface area contributed by atoms with Crippen molar-refractivity contribution in [2.75, 3.05) is 13.3 Å². The Balaban J connectivity index is 2.43. The molecule has 1 atom stereocenters. The molecule has 1 aliphatic carbocycles. The maximum atomic E-state index is 11.2. The minimum atomic E-state index is -2.29. The Bertz CT molecular complexity index is 192. The largest absolute Gasteiger partial charge is 0.321 e. The molecular weight excluding hydrogens is 159 g/mol. The summed E-state index contributed by atoms with van der Waals surface area (Å²) in [5.41, 5.74) is 0. The third-order valence-corrected chi connectivity index (χ3v) is 2.38. The van der Waals surface area contributed by atoms with Gasteiger partial charge in [0.25, 0.3) is 0 Å². The maximum Gasteiger partial charge on any atom is 0.197 e. The molecule has 0 saturated carbocycles. The van der Waals surface area contributed by atoms with Crippen LogP contribution in [0.4, 0.5) is 0 Å². The molecule has 0 spiro atoms. The summed E-state index contributed by atoms with van der Waals surface area (Å²) in [4.78, 5) is 0. The highest BCUT2D eigenvalue weighted by Crippen LogP contribution is 2.40. The van der Waals surface area contributed by atoms with Crippen molar-refractivity contribution < 1.29 is 9.09 Å². The number of rotatable bonds is 2. The Morgan fingerprint density at radius 1 is 1.55 bits per heavy atom. The molecule has 0 aromatic heterocycles. The van der Waals surface area contributed by atoms with E-state index in [1.54, 1.807) is 13.3 Å². The van der Waals surface area contributed by atoms with Crippen molar-refractivity contribution in [1.29, 1.82) is 0 Å². The normalized spacial score (nSPS) is 25.5. The Morgan fingerprint density at radius 2 is 2.27 bits per heavy atom. The van der Waals surface area contributed by atoms with Gasteiger partial charge in [0.2, 0.25) is 0 Å². The molecule has 3 heteroatoms. The third-order valence-electron chi connectivity index (χ3n) is 1.60. The summed E-state index contributed by atoms with van der Waals surface area (Å²) in [5, 5.41) is 0. The van der Waals surface area contributed by atoms with Crippen molar-refractivity contribution in [2.45, 2.75) is 25.4 Å². The second-order valence-electron chi connectivity index (χ2n) is 3.25. The van der Waals surface area contributed by atoms with E-state index in [0.717, 1.165) is 19.3 Å². The Labute approximate surface area is 68.1 Å². The first kappa shape index (κ1) is 9.02. The van der Waals surface area contributed by atoms with Gasteiger partial charge in [-0.25, -0.2) is 0 Å². The summed E-state index contributed by atoms with van der Waals surface area (Å²) in [5.74, 6) is 0. The van der Waals surface area contributed by atoms with Crippen molar-refractivity contribution in [2.24, 2.45) is 0 Å². The lowest BCUT2D eigenvalue weighted by molar-refractivity contribution is 0.236. The molecule has 1 rings (SSSR count). The number of hydrogen-bond acceptors (Lipinski definition) is 2. The number of allylic oxidation sites excluding steroid dienone is 1. The van der Waals surface area contributed by atoms with Gasteiger partial charge in [-0.15, -0.1) is 0 Å². The second-order valence-corrected chi connectivity index (χ2v) is 5.97. The van der Waals surface area contributed by atoms with E-state index >= 15 is 0 Å². The summed E-state index contributed by atoms with van der Waals surface area (Å²) in [6.07, 6.45) is 7.53.